The fourth-order valence-electron chi connectivity index (χ4n) is 0.366. The highest BCUT2D eigenvalue weighted by Crippen LogP contribution is 1.99. The minimum Gasteiger partial charge on any atom is -0.267 e. The van der Waals surface area contributed by atoms with Gasteiger partial charge in [0.1, 0.15) is 0 Å². The Kier molecular flexibility index (Phi) is 3.14. The quantitative estimate of drug-likeness (QED) is 0.561. The van der Waals surface area contributed by atoms with Crippen molar-refractivity contribution in [2.24, 2.45) is 0 Å². The van der Waals surface area contributed by atoms with Gasteiger partial charge < -0.3 is 0 Å². The van der Waals surface area contributed by atoms with Crippen LogP contribution in [0.3, 0.4) is 0 Å². The Balaban J connectivity index is 3.75. The second-order valence-corrected chi connectivity index (χ2v) is 3.62. The molecular weight excluding hydrogens is 140 g/mol. The van der Waals surface area contributed by atoms with Gasteiger partial charge in [-0.25, -0.2) is 0 Å². The summed E-state index contributed by atoms with van der Waals surface area (Å²) in [5.74, 6) is 0. The van der Waals surface area contributed by atoms with E-state index in [1.165, 1.54) is 0 Å². The van der Waals surface area contributed by atoms with Crippen LogP contribution in [0.2, 0.25) is 0 Å². The van der Waals surface area contributed by atoms with Crippen LogP contribution >= 0.6 is 0 Å². The zero-order valence-corrected chi connectivity index (χ0v) is 6.73. The highest BCUT2D eigenvalue weighted by molar-refractivity contribution is 7.86. The van der Waals surface area contributed by atoms with Gasteiger partial charge in [-0.3, -0.25) is 4.18 Å². The summed E-state index contributed by atoms with van der Waals surface area (Å²) in [4.78, 5) is 0. The fourth-order valence-corrected chi connectivity index (χ4v) is 1.10. The van der Waals surface area contributed by atoms with Gasteiger partial charge in [0.25, 0.3) is 10.1 Å². The third kappa shape index (κ3) is 5.79. The Labute approximate surface area is 56.1 Å². The largest absolute Gasteiger partial charge is 0.267 e. The smallest absolute Gasteiger partial charge is 0.264 e. The molecule has 3 nitrogen and oxygen atoms in total. The van der Waals surface area contributed by atoms with Crippen LogP contribution in [0.25, 0.3) is 0 Å². The van der Waals surface area contributed by atoms with Gasteiger partial charge in [-0.05, 0) is 13.3 Å². The number of hydrogen-bond acceptors (Lipinski definition) is 3. The maximum atomic E-state index is 10.4. The molecule has 9 heavy (non-hydrogen) atoms. The molecule has 0 amide bonds. The van der Waals surface area contributed by atoms with Crippen LogP contribution in [0.15, 0.2) is 0 Å². The molecule has 0 aromatic rings. The summed E-state index contributed by atoms with van der Waals surface area (Å²) < 4.78 is 25.3. The first-order chi connectivity index (χ1) is 3.95. The number of hydrogen-bond donors (Lipinski definition) is 0. The van der Waals surface area contributed by atoms with Crippen molar-refractivity contribution in [2.75, 3.05) is 6.26 Å². The maximum Gasteiger partial charge on any atom is 0.264 e. The molecule has 0 spiro atoms. The van der Waals surface area contributed by atoms with Crippen molar-refractivity contribution in [3.05, 3.63) is 0 Å². The fraction of sp³-hybridized carbons (Fsp3) is 1.00. The minimum absolute atomic E-state index is 0.194. The zero-order valence-electron chi connectivity index (χ0n) is 5.92. The second kappa shape index (κ2) is 3.17. The zero-order chi connectivity index (χ0) is 7.49. The summed E-state index contributed by atoms with van der Waals surface area (Å²) in [5, 5.41) is 0. The minimum atomic E-state index is -3.24. The Morgan fingerprint density at radius 3 is 2.11 bits per heavy atom. The summed E-state index contributed by atoms with van der Waals surface area (Å²) >= 11 is 0. The molecule has 0 rings (SSSR count). The van der Waals surface area contributed by atoms with Crippen LogP contribution in [0.5, 0.6) is 0 Å². The first kappa shape index (κ1) is 8.91. The topological polar surface area (TPSA) is 43.4 Å². The highest BCUT2D eigenvalue weighted by atomic mass is 32.2. The van der Waals surface area contributed by atoms with Crippen molar-refractivity contribution in [1.29, 1.82) is 0 Å². The second-order valence-electron chi connectivity index (χ2n) is 2.02. The first-order valence-corrected chi connectivity index (χ1v) is 4.65. The molecule has 56 valence electrons. The lowest BCUT2D eigenvalue weighted by Crippen LogP contribution is -2.12. The lowest BCUT2D eigenvalue weighted by molar-refractivity contribution is 0.227. The number of rotatable bonds is 3. The molecule has 0 aromatic carbocycles. The Morgan fingerprint density at radius 2 is 2.00 bits per heavy atom. The van der Waals surface area contributed by atoms with Crippen molar-refractivity contribution in [3.63, 3.8) is 0 Å². The molecule has 0 saturated heterocycles. The predicted molar refractivity (Wildman–Crippen MR) is 35.7 cm³/mol. The first-order valence-electron chi connectivity index (χ1n) is 2.84. The van der Waals surface area contributed by atoms with Gasteiger partial charge in [-0.15, -0.1) is 0 Å². The van der Waals surface area contributed by atoms with Crippen molar-refractivity contribution in [1.82, 2.24) is 0 Å². The van der Waals surface area contributed by atoms with E-state index in [0.29, 0.717) is 6.42 Å². The van der Waals surface area contributed by atoms with E-state index in [9.17, 15) is 8.42 Å². The van der Waals surface area contributed by atoms with E-state index in [-0.39, 0.29) is 6.10 Å². The maximum absolute atomic E-state index is 10.4. The SMILES string of the molecule is CC[C@H](C)OS(C)(=O)=O. The van der Waals surface area contributed by atoms with Crippen molar-refractivity contribution >= 4 is 10.1 Å². The molecule has 0 bridgehead atoms. The van der Waals surface area contributed by atoms with E-state index in [1.807, 2.05) is 6.92 Å². The summed E-state index contributed by atoms with van der Waals surface area (Å²) in [5.41, 5.74) is 0. The van der Waals surface area contributed by atoms with Crippen molar-refractivity contribution in [2.45, 2.75) is 26.4 Å². The molecule has 0 radical (unpaired) electrons. The van der Waals surface area contributed by atoms with Gasteiger partial charge in [0.15, 0.2) is 0 Å². The van der Waals surface area contributed by atoms with E-state index in [2.05, 4.69) is 4.18 Å². The normalized spacial score (nSPS) is 15.4. The summed E-state index contributed by atoms with van der Waals surface area (Å²) in [6, 6.07) is 0. The molecular formula is C5H12O3S. The van der Waals surface area contributed by atoms with Gasteiger partial charge in [-0.1, -0.05) is 6.92 Å². The van der Waals surface area contributed by atoms with E-state index in [4.69, 9.17) is 0 Å². The summed E-state index contributed by atoms with van der Waals surface area (Å²) in [6.45, 7) is 3.59. The molecule has 0 heterocycles. The van der Waals surface area contributed by atoms with Gasteiger partial charge >= 0.3 is 0 Å². The van der Waals surface area contributed by atoms with Crippen LogP contribution in [0.4, 0.5) is 0 Å². The van der Waals surface area contributed by atoms with Crippen LogP contribution in [0.1, 0.15) is 20.3 Å². The molecule has 0 aliphatic heterocycles. The molecule has 0 saturated carbocycles. The van der Waals surface area contributed by atoms with Gasteiger partial charge in [0, 0.05) is 0 Å². The Hall–Kier alpha value is -0.0900. The predicted octanol–water partition coefficient (Wildman–Crippen LogP) is 0.761. The molecule has 0 aliphatic carbocycles. The monoisotopic (exact) mass is 152 g/mol. The summed E-state index contributed by atoms with van der Waals surface area (Å²) in [6.07, 6.45) is 1.58. The molecule has 0 unspecified atom stereocenters. The lowest BCUT2D eigenvalue weighted by atomic mass is 10.3. The van der Waals surface area contributed by atoms with E-state index in [1.54, 1.807) is 6.92 Å². The molecule has 0 aromatic heterocycles. The molecule has 1 atom stereocenters. The molecule has 0 N–H and O–H groups in total. The Morgan fingerprint density at radius 1 is 1.56 bits per heavy atom. The standard InChI is InChI=1S/C5H12O3S/c1-4-5(2)8-9(3,6)7/h5H,4H2,1-3H3/t5-/m0/s1. The van der Waals surface area contributed by atoms with Gasteiger partial charge in [0.2, 0.25) is 0 Å². The third-order valence-corrected chi connectivity index (χ3v) is 1.59. The van der Waals surface area contributed by atoms with Gasteiger partial charge in [-0.2, -0.15) is 8.42 Å². The van der Waals surface area contributed by atoms with Crippen molar-refractivity contribution in [3.8, 4) is 0 Å². The average Bonchev–Trinajstić information content (AvgIpc) is 1.62. The van der Waals surface area contributed by atoms with Crippen LogP contribution in [0, 0.1) is 0 Å². The van der Waals surface area contributed by atoms with Crippen molar-refractivity contribution < 1.29 is 12.6 Å². The van der Waals surface area contributed by atoms with Crippen LogP contribution < -0.4 is 0 Å². The summed E-state index contributed by atoms with van der Waals surface area (Å²) in [7, 11) is -3.24. The van der Waals surface area contributed by atoms with E-state index >= 15 is 0 Å². The average molecular weight is 152 g/mol. The Bertz CT molecular complexity index is 159. The van der Waals surface area contributed by atoms with Crippen LogP contribution in [-0.2, 0) is 14.3 Å². The van der Waals surface area contributed by atoms with Crippen LogP contribution in [-0.4, -0.2) is 20.8 Å². The lowest BCUT2D eigenvalue weighted by Gasteiger charge is -2.05. The molecule has 0 fully saturated rings. The third-order valence-electron chi connectivity index (χ3n) is 0.914. The van der Waals surface area contributed by atoms with Gasteiger partial charge in [0.05, 0.1) is 12.4 Å². The molecule has 4 heteroatoms. The van der Waals surface area contributed by atoms with E-state index in [0.717, 1.165) is 6.26 Å². The highest BCUT2D eigenvalue weighted by Gasteiger charge is 2.06. The van der Waals surface area contributed by atoms with E-state index < -0.39 is 10.1 Å². The molecule has 0 aliphatic rings.